The summed E-state index contributed by atoms with van der Waals surface area (Å²) in [5.74, 6) is 1.38. The summed E-state index contributed by atoms with van der Waals surface area (Å²) < 4.78 is 5.17. The fourth-order valence-electron chi connectivity index (χ4n) is 1.09. The minimum atomic E-state index is -0.361. The SMILES string of the molecule is CNC(C)(C)c1nc(-c2ncccn2)no1. The Morgan fingerprint density at radius 1 is 1.19 bits per heavy atom. The molecule has 6 heteroatoms. The van der Waals surface area contributed by atoms with E-state index in [0.717, 1.165) is 0 Å². The van der Waals surface area contributed by atoms with Gasteiger partial charge in [0, 0.05) is 12.4 Å². The summed E-state index contributed by atoms with van der Waals surface area (Å²) in [5.41, 5.74) is -0.361. The highest BCUT2D eigenvalue weighted by Gasteiger charge is 2.26. The third kappa shape index (κ3) is 1.92. The van der Waals surface area contributed by atoms with Gasteiger partial charge in [0.1, 0.15) is 0 Å². The number of rotatable bonds is 3. The first kappa shape index (κ1) is 10.7. The average Bonchev–Trinajstić information content (AvgIpc) is 2.80. The van der Waals surface area contributed by atoms with Crippen LogP contribution in [0.15, 0.2) is 23.0 Å². The molecule has 0 unspecified atom stereocenters. The zero-order valence-corrected chi connectivity index (χ0v) is 9.43. The second kappa shape index (κ2) is 3.97. The molecule has 0 radical (unpaired) electrons. The molecule has 0 aliphatic carbocycles. The van der Waals surface area contributed by atoms with Gasteiger partial charge >= 0.3 is 0 Å². The molecule has 2 aromatic rings. The van der Waals surface area contributed by atoms with Crippen molar-refractivity contribution in [2.24, 2.45) is 0 Å². The Kier molecular flexibility index (Phi) is 2.66. The van der Waals surface area contributed by atoms with Gasteiger partial charge < -0.3 is 9.84 Å². The summed E-state index contributed by atoms with van der Waals surface area (Å²) in [5, 5.41) is 6.93. The summed E-state index contributed by atoms with van der Waals surface area (Å²) >= 11 is 0. The van der Waals surface area contributed by atoms with Crippen molar-refractivity contribution < 1.29 is 4.52 Å². The highest BCUT2D eigenvalue weighted by Crippen LogP contribution is 2.19. The Bertz CT molecular complexity index is 465. The van der Waals surface area contributed by atoms with Gasteiger partial charge in [-0.2, -0.15) is 4.98 Å². The van der Waals surface area contributed by atoms with Gasteiger partial charge in [0.05, 0.1) is 5.54 Å². The predicted octanol–water partition coefficient (Wildman–Crippen LogP) is 0.981. The molecule has 2 heterocycles. The molecule has 0 saturated carbocycles. The van der Waals surface area contributed by atoms with Crippen LogP contribution in [0.5, 0.6) is 0 Å². The summed E-state index contributed by atoms with van der Waals surface area (Å²) in [6.45, 7) is 3.91. The minimum Gasteiger partial charge on any atom is -0.337 e. The highest BCUT2D eigenvalue weighted by molar-refractivity contribution is 5.40. The molecule has 1 N–H and O–H groups in total. The summed E-state index contributed by atoms with van der Waals surface area (Å²) in [7, 11) is 1.84. The molecule has 2 aromatic heterocycles. The first-order chi connectivity index (χ1) is 7.63. The van der Waals surface area contributed by atoms with Crippen LogP contribution in [-0.2, 0) is 5.54 Å². The largest absolute Gasteiger partial charge is 0.337 e. The molecule has 16 heavy (non-hydrogen) atoms. The molecule has 0 spiro atoms. The molecule has 84 valence electrons. The molecule has 0 saturated heterocycles. The second-order valence-electron chi connectivity index (χ2n) is 3.87. The highest BCUT2D eigenvalue weighted by atomic mass is 16.5. The molecule has 0 fully saturated rings. The average molecular weight is 219 g/mol. The minimum absolute atomic E-state index is 0.361. The van der Waals surface area contributed by atoms with Gasteiger partial charge in [-0.05, 0) is 27.0 Å². The molecular formula is C10H13N5O. The van der Waals surface area contributed by atoms with Crippen molar-refractivity contribution >= 4 is 0 Å². The van der Waals surface area contributed by atoms with Gasteiger partial charge in [0.15, 0.2) is 0 Å². The van der Waals surface area contributed by atoms with Gasteiger partial charge in [-0.15, -0.1) is 0 Å². The molecule has 0 aliphatic heterocycles. The predicted molar refractivity (Wildman–Crippen MR) is 57.4 cm³/mol. The Hall–Kier alpha value is -1.82. The number of hydrogen-bond acceptors (Lipinski definition) is 6. The van der Waals surface area contributed by atoms with Crippen LogP contribution in [0.25, 0.3) is 11.6 Å². The topological polar surface area (TPSA) is 76.7 Å². The second-order valence-corrected chi connectivity index (χ2v) is 3.87. The third-order valence-corrected chi connectivity index (χ3v) is 2.35. The monoisotopic (exact) mass is 219 g/mol. The van der Waals surface area contributed by atoms with Crippen LogP contribution in [0.2, 0.25) is 0 Å². The van der Waals surface area contributed by atoms with Gasteiger partial charge in [0.25, 0.3) is 0 Å². The van der Waals surface area contributed by atoms with E-state index in [1.165, 1.54) is 0 Å². The van der Waals surface area contributed by atoms with Crippen LogP contribution >= 0.6 is 0 Å². The van der Waals surface area contributed by atoms with Gasteiger partial charge in [-0.1, -0.05) is 5.16 Å². The lowest BCUT2D eigenvalue weighted by Crippen LogP contribution is -2.33. The maximum atomic E-state index is 5.17. The van der Waals surface area contributed by atoms with E-state index in [2.05, 4.69) is 25.4 Å². The smallest absolute Gasteiger partial charge is 0.246 e. The van der Waals surface area contributed by atoms with Crippen molar-refractivity contribution in [3.8, 4) is 11.6 Å². The van der Waals surface area contributed by atoms with E-state index in [0.29, 0.717) is 17.5 Å². The normalized spacial score (nSPS) is 11.7. The molecular weight excluding hydrogens is 206 g/mol. The van der Waals surface area contributed by atoms with E-state index in [1.54, 1.807) is 18.5 Å². The van der Waals surface area contributed by atoms with E-state index in [1.807, 2.05) is 20.9 Å². The maximum absolute atomic E-state index is 5.17. The molecule has 0 bridgehead atoms. The van der Waals surface area contributed by atoms with E-state index in [9.17, 15) is 0 Å². The standard InChI is InChI=1S/C10H13N5O/c1-10(2,11-3)9-14-8(15-16-9)7-12-5-4-6-13-7/h4-6,11H,1-3H3. The molecule has 0 aliphatic rings. The Morgan fingerprint density at radius 3 is 2.50 bits per heavy atom. The quantitative estimate of drug-likeness (QED) is 0.829. The Labute approximate surface area is 93.1 Å². The van der Waals surface area contributed by atoms with Crippen molar-refractivity contribution in [2.75, 3.05) is 7.05 Å². The van der Waals surface area contributed by atoms with E-state index in [4.69, 9.17) is 4.52 Å². The van der Waals surface area contributed by atoms with Crippen LogP contribution in [0.4, 0.5) is 0 Å². The molecule has 0 aromatic carbocycles. The lowest BCUT2D eigenvalue weighted by molar-refractivity contribution is 0.281. The molecule has 2 rings (SSSR count). The molecule has 0 amide bonds. The number of nitrogens with zero attached hydrogens (tertiary/aromatic N) is 4. The number of aromatic nitrogens is 4. The van der Waals surface area contributed by atoms with Crippen LogP contribution in [0.3, 0.4) is 0 Å². The Morgan fingerprint density at radius 2 is 1.88 bits per heavy atom. The molecule has 6 nitrogen and oxygen atoms in total. The zero-order valence-electron chi connectivity index (χ0n) is 9.43. The van der Waals surface area contributed by atoms with Gasteiger partial charge in [-0.3, -0.25) is 0 Å². The van der Waals surface area contributed by atoms with E-state index in [-0.39, 0.29) is 5.54 Å². The summed E-state index contributed by atoms with van der Waals surface area (Å²) in [4.78, 5) is 12.4. The zero-order chi connectivity index (χ0) is 11.6. The van der Waals surface area contributed by atoms with E-state index < -0.39 is 0 Å². The number of nitrogens with one attached hydrogen (secondary N) is 1. The summed E-state index contributed by atoms with van der Waals surface area (Å²) in [6, 6.07) is 1.74. The van der Waals surface area contributed by atoms with Crippen LogP contribution in [0, 0.1) is 0 Å². The van der Waals surface area contributed by atoms with Gasteiger partial charge in [-0.25, -0.2) is 9.97 Å². The number of hydrogen-bond donors (Lipinski definition) is 1. The van der Waals surface area contributed by atoms with Crippen molar-refractivity contribution in [3.63, 3.8) is 0 Å². The molecule has 0 atom stereocenters. The fraction of sp³-hybridized carbons (Fsp3) is 0.400. The summed E-state index contributed by atoms with van der Waals surface area (Å²) in [6.07, 6.45) is 3.28. The van der Waals surface area contributed by atoms with Crippen molar-refractivity contribution in [1.29, 1.82) is 0 Å². The third-order valence-electron chi connectivity index (χ3n) is 2.35. The van der Waals surface area contributed by atoms with Crippen LogP contribution in [0.1, 0.15) is 19.7 Å². The van der Waals surface area contributed by atoms with Crippen molar-refractivity contribution in [1.82, 2.24) is 25.4 Å². The lowest BCUT2D eigenvalue weighted by Gasteiger charge is -2.17. The van der Waals surface area contributed by atoms with Gasteiger partial charge in [0.2, 0.25) is 17.5 Å². The van der Waals surface area contributed by atoms with Crippen LogP contribution in [-0.4, -0.2) is 27.2 Å². The maximum Gasteiger partial charge on any atom is 0.246 e. The first-order valence-corrected chi connectivity index (χ1v) is 4.94. The fourth-order valence-corrected chi connectivity index (χ4v) is 1.09. The van der Waals surface area contributed by atoms with Crippen LogP contribution < -0.4 is 5.32 Å². The van der Waals surface area contributed by atoms with Crippen molar-refractivity contribution in [3.05, 3.63) is 24.4 Å². The van der Waals surface area contributed by atoms with E-state index >= 15 is 0 Å². The lowest BCUT2D eigenvalue weighted by atomic mass is 10.1. The Balaban J connectivity index is 2.34. The first-order valence-electron chi connectivity index (χ1n) is 4.94. The van der Waals surface area contributed by atoms with Crippen molar-refractivity contribution in [2.45, 2.75) is 19.4 Å².